The minimum absolute atomic E-state index is 0. The molecule has 0 bridgehead atoms. The molecule has 25 heavy (non-hydrogen) atoms. The van der Waals surface area contributed by atoms with Gasteiger partial charge in [0.1, 0.15) is 0 Å². The van der Waals surface area contributed by atoms with Crippen LogP contribution in [0.3, 0.4) is 0 Å². The third-order valence-electron chi connectivity index (χ3n) is 4.54. The molecule has 130 valence electrons. The third kappa shape index (κ3) is 3.83. The SMILES string of the molecule is Cl.O=C(Nc1ccc(C2=CCNCC2)cc1)N1Cc2cccnc2C1. The Hall–Kier alpha value is -2.37. The van der Waals surface area contributed by atoms with E-state index < -0.39 is 0 Å². The molecule has 5 nitrogen and oxygen atoms in total. The second kappa shape index (κ2) is 7.68. The van der Waals surface area contributed by atoms with Gasteiger partial charge >= 0.3 is 6.03 Å². The van der Waals surface area contributed by atoms with Crippen LogP contribution in [0.5, 0.6) is 0 Å². The normalized spacial score (nSPS) is 15.8. The van der Waals surface area contributed by atoms with Gasteiger partial charge in [-0.2, -0.15) is 0 Å². The first-order valence-electron chi connectivity index (χ1n) is 8.28. The van der Waals surface area contributed by atoms with Gasteiger partial charge in [0.15, 0.2) is 0 Å². The highest BCUT2D eigenvalue weighted by Crippen LogP contribution is 2.23. The maximum absolute atomic E-state index is 12.4. The van der Waals surface area contributed by atoms with Crippen molar-refractivity contribution < 1.29 is 4.79 Å². The molecule has 3 heterocycles. The van der Waals surface area contributed by atoms with Gasteiger partial charge in [-0.1, -0.05) is 24.3 Å². The zero-order valence-corrected chi connectivity index (χ0v) is 14.7. The number of hydrogen-bond acceptors (Lipinski definition) is 3. The number of pyridine rings is 1. The van der Waals surface area contributed by atoms with Crippen LogP contribution in [0, 0.1) is 0 Å². The number of benzene rings is 1. The van der Waals surface area contributed by atoms with Crippen molar-refractivity contribution in [3.8, 4) is 0 Å². The monoisotopic (exact) mass is 356 g/mol. The fourth-order valence-electron chi connectivity index (χ4n) is 3.20. The van der Waals surface area contributed by atoms with Crippen LogP contribution < -0.4 is 10.6 Å². The van der Waals surface area contributed by atoms with E-state index in [9.17, 15) is 4.79 Å². The van der Waals surface area contributed by atoms with Crippen molar-refractivity contribution in [1.29, 1.82) is 0 Å². The van der Waals surface area contributed by atoms with Crippen molar-refractivity contribution in [2.75, 3.05) is 18.4 Å². The molecule has 0 saturated heterocycles. The van der Waals surface area contributed by atoms with Crippen molar-refractivity contribution in [3.05, 3.63) is 65.5 Å². The molecular weight excluding hydrogens is 336 g/mol. The first kappa shape index (κ1) is 17.5. The average molecular weight is 357 g/mol. The van der Waals surface area contributed by atoms with E-state index in [-0.39, 0.29) is 18.4 Å². The van der Waals surface area contributed by atoms with Crippen molar-refractivity contribution in [3.63, 3.8) is 0 Å². The summed E-state index contributed by atoms with van der Waals surface area (Å²) in [5.74, 6) is 0. The predicted molar refractivity (Wildman–Crippen MR) is 102 cm³/mol. The summed E-state index contributed by atoms with van der Waals surface area (Å²) in [7, 11) is 0. The number of halogens is 1. The third-order valence-corrected chi connectivity index (χ3v) is 4.54. The lowest BCUT2D eigenvalue weighted by Gasteiger charge is -2.17. The molecule has 2 aliphatic rings. The van der Waals surface area contributed by atoms with Gasteiger partial charge in [-0.05, 0) is 47.9 Å². The fourth-order valence-corrected chi connectivity index (χ4v) is 3.20. The summed E-state index contributed by atoms with van der Waals surface area (Å²) in [5.41, 5.74) is 5.53. The van der Waals surface area contributed by atoms with Crippen LogP contribution in [0.1, 0.15) is 23.2 Å². The highest BCUT2D eigenvalue weighted by molar-refractivity contribution is 5.89. The number of nitrogens with zero attached hydrogens (tertiary/aromatic N) is 2. The lowest BCUT2D eigenvalue weighted by atomic mass is 10.0. The van der Waals surface area contributed by atoms with Crippen molar-refractivity contribution in [2.24, 2.45) is 0 Å². The first-order valence-corrected chi connectivity index (χ1v) is 8.28. The van der Waals surface area contributed by atoms with E-state index in [0.717, 1.165) is 36.5 Å². The number of rotatable bonds is 2. The molecule has 1 aromatic heterocycles. The Kier molecular flexibility index (Phi) is 5.36. The van der Waals surface area contributed by atoms with Gasteiger partial charge in [0.2, 0.25) is 0 Å². The molecule has 0 saturated carbocycles. The molecule has 2 amide bonds. The van der Waals surface area contributed by atoms with Crippen molar-refractivity contribution in [2.45, 2.75) is 19.5 Å². The quantitative estimate of drug-likeness (QED) is 0.866. The summed E-state index contributed by atoms with van der Waals surface area (Å²) in [6, 6.07) is 11.9. The largest absolute Gasteiger partial charge is 0.322 e. The molecular formula is C19H21ClN4O. The Labute approximate surface area is 153 Å². The highest BCUT2D eigenvalue weighted by atomic mass is 35.5. The number of fused-ring (bicyclic) bond motifs is 1. The number of hydrogen-bond donors (Lipinski definition) is 2. The molecule has 2 N–H and O–H groups in total. The van der Waals surface area contributed by atoms with E-state index in [1.807, 2.05) is 24.3 Å². The van der Waals surface area contributed by atoms with Gasteiger partial charge in [-0.15, -0.1) is 12.4 Å². The summed E-state index contributed by atoms with van der Waals surface area (Å²) in [5, 5.41) is 6.29. The number of anilines is 1. The molecule has 1 aromatic carbocycles. The predicted octanol–water partition coefficient (Wildman–Crippen LogP) is 3.43. The smallest absolute Gasteiger partial charge is 0.314 e. The number of urea groups is 1. The standard InChI is InChI=1S/C19H20N4O.ClH/c24-19(23-12-16-2-1-9-21-18(16)13-23)22-17-5-3-14(4-6-17)15-7-10-20-11-8-15;/h1-7,9,20H,8,10-13H2,(H,22,24);1H. The average Bonchev–Trinajstić information content (AvgIpc) is 3.07. The molecule has 2 aromatic rings. The Morgan fingerprint density at radius 1 is 1.16 bits per heavy atom. The summed E-state index contributed by atoms with van der Waals surface area (Å²) < 4.78 is 0. The molecule has 0 unspecified atom stereocenters. The summed E-state index contributed by atoms with van der Waals surface area (Å²) in [6.45, 7) is 3.14. The van der Waals surface area contributed by atoms with Crippen LogP contribution in [0.15, 0.2) is 48.7 Å². The zero-order valence-electron chi connectivity index (χ0n) is 13.9. The first-order chi connectivity index (χ1) is 11.8. The van der Waals surface area contributed by atoms with Crippen molar-refractivity contribution >= 4 is 29.7 Å². The van der Waals surface area contributed by atoms with E-state index >= 15 is 0 Å². The van der Waals surface area contributed by atoms with E-state index in [2.05, 4.69) is 33.8 Å². The maximum atomic E-state index is 12.4. The fraction of sp³-hybridized carbons (Fsp3) is 0.263. The Balaban J connectivity index is 0.00000182. The number of amides is 2. The topological polar surface area (TPSA) is 57.3 Å². The van der Waals surface area contributed by atoms with E-state index in [1.165, 1.54) is 11.1 Å². The maximum Gasteiger partial charge on any atom is 0.322 e. The van der Waals surface area contributed by atoms with Gasteiger partial charge < -0.3 is 15.5 Å². The second-order valence-corrected chi connectivity index (χ2v) is 6.16. The highest BCUT2D eigenvalue weighted by Gasteiger charge is 2.23. The van der Waals surface area contributed by atoms with Gasteiger partial charge in [0.05, 0.1) is 12.2 Å². The molecule has 0 radical (unpaired) electrons. The van der Waals surface area contributed by atoms with Crippen LogP contribution in [0.25, 0.3) is 5.57 Å². The zero-order chi connectivity index (χ0) is 16.4. The van der Waals surface area contributed by atoms with Crippen LogP contribution in [0.4, 0.5) is 10.5 Å². The lowest BCUT2D eigenvalue weighted by Crippen LogP contribution is -2.30. The number of carbonyl (C=O) groups is 1. The van der Waals surface area contributed by atoms with Crippen LogP contribution in [0.2, 0.25) is 0 Å². The molecule has 6 heteroatoms. The van der Waals surface area contributed by atoms with Gasteiger partial charge in [-0.25, -0.2) is 4.79 Å². The van der Waals surface area contributed by atoms with E-state index in [1.54, 1.807) is 11.1 Å². The van der Waals surface area contributed by atoms with Gasteiger partial charge in [-0.3, -0.25) is 4.98 Å². The van der Waals surface area contributed by atoms with E-state index in [4.69, 9.17) is 0 Å². The van der Waals surface area contributed by atoms with Gasteiger partial charge in [0, 0.05) is 25.0 Å². The molecule has 4 rings (SSSR count). The lowest BCUT2D eigenvalue weighted by molar-refractivity contribution is 0.212. The second-order valence-electron chi connectivity index (χ2n) is 6.16. The minimum atomic E-state index is -0.0816. The number of carbonyl (C=O) groups excluding carboxylic acids is 1. The molecule has 0 aliphatic carbocycles. The number of nitrogens with one attached hydrogen (secondary N) is 2. The van der Waals surface area contributed by atoms with Crippen LogP contribution in [-0.4, -0.2) is 29.0 Å². The summed E-state index contributed by atoms with van der Waals surface area (Å²) in [6.07, 6.45) is 5.05. The Morgan fingerprint density at radius 3 is 2.72 bits per heavy atom. The molecule has 0 atom stereocenters. The van der Waals surface area contributed by atoms with Crippen molar-refractivity contribution in [1.82, 2.24) is 15.2 Å². The number of aromatic nitrogens is 1. The van der Waals surface area contributed by atoms with Crippen LogP contribution >= 0.6 is 12.4 Å². The summed E-state index contributed by atoms with van der Waals surface area (Å²) in [4.78, 5) is 18.5. The van der Waals surface area contributed by atoms with E-state index in [0.29, 0.717) is 13.1 Å². The summed E-state index contributed by atoms with van der Waals surface area (Å²) >= 11 is 0. The Morgan fingerprint density at radius 2 is 2.00 bits per heavy atom. The minimum Gasteiger partial charge on any atom is -0.314 e. The molecule has 0 spiro atoms. The van der Waals surface area contributed by atoms with Gasteiger partial charge in [0.25, 0.3) is 0 Å². The van der Waals surface area contributed by atoms with Crippen LogP contribution in [-0.2, 0) is 13.1 Å². The molecule has 2 aliphatic heterocycles. The molecule has 0 fully saturated rings. The Bertz CT molecular complexity index is 763.